The topological polar surface area (TPSA) is 124 Å². The van der Waals surface area contributed by atoms with Crippen LogP contribution in [0.2, 0.25) is 0 Å². The van der Waals surface area contributed by atoms with Crippen molar-refractivity contribution < 1.29 is 38.1 Å². The van der Waals surface area contributed by atoms with Crippen LogP contribution in [-0.2, 0) is 28.5 Å². The first kappa shape index (κ1) is 50.6. The van der Waals surface area contributed by atoms with Crippen LogP contribution >= 0.6 is 21.6 Å². The Hall–Kier alpha value is -2.38. The number of alkyl carbamates (subject to hydrolysis) is 1. The van der Waals surface area contributed by atoms with E-state index >= 15 is 0 Å². The zero-order chi connectivity index (χ0) is 39.0. The Bertz CT molecular complexity index is 920. The Labute approximate surface area is 329 Å². The Kier molecular flexibility index (Phi) is 37.6. The summed E-state index contributed by atoms with van der Waals surface area (Å²) in [4.78, 5) is 52.6. The average molecular weight is 788 g/mol. The first-order valence-corrected chi connectivity index (χ1v) is 22.6. The molecule has 0 aliphatic heterocycles. The number of carbonyl (C=O) groups excluding carboxylic acids is 4. The largest absolute Gasteiger partial charge is 0.461 e. The molecule has 0 aromatic rings. The summed E-state index contributed by atoms with van der Waals surface area (Å²) in [6.07, 6.45) is 24.3. The van der Waals surface area contributed by atoms with Gasteiger partial charge in [-0.25, -0.2) is 9.59 Å². The van der Waals surface area contributed by atoms with E-state index in [-0.39, 0.29) is 24.6 Å². The third kappa shape index (κ3) is 37.7. The lowest BCUT2D eigenvalue weighted by Crippen LogP contribution is -2.34. The van der Waals surface area contributed by atoms with Crippen LogP contribution in [0.5, 0.6) is 0 Å². The van der Waals surface area contributed by atoms with Crippen LogP contribution in [0.1, 0.15) is 129 Å². The normalized spacial score (nSPS) is 11.3. The summed E-state index contributed by atoms with van der Waals surface area (Å²) >= 11 is 0. The van der Waals surface area contributed by atoms with E-state index in [4.69, 9.17) is 18.9 Å². The molecule has 0 aromatic carbocycles. The van der Waals surface area contributed by atoms with Crippen molar-refractivity contribution in [3.8, 4) is 0 Å². The molecule has 11 nitrogen and oxygen atoms in total. The van der Waals surface area contributed by atoms with Crippen LogP contribution in [0, 0.1) is 0 Å². The van der Waals surface area contributed by atoms with Gasteiger partial charge in [0.2, 0.25) is 0 Å². The number of hydrogen-bond donors (Lipinski definition) is 1. The Morgan fingerprint density at radius 2 is 1.06 bits per heavy atom. The second-order valence-corrected chi connectivity index (χ2v) is 15.9. The molecule has 53 heavy (non-hydrogen) atoms. The summed E-state index contributed by atoms with van der Waals surface area (Å²) in [5.74, 6) is 0.864. The van der Waals surface area contributed by atoms with Gasteiger partial charge < -0.3 is 34.1 Å². The number of hydrogen-bond acceptors (Lipinski definition) is 11. The Morgan fingerprint density at radius 3 is 1.55 bits per heavy atom. The number of esters is 2. The van der Waals surface area contributed by atoms with E-state index in [1.165, 1.54) is 51.4 Å². The van der Waals surface area contributed by atoms with Crippen molar-refractivity contribution in [2.75, 3.05) is 78.2 Å². The minimum atomic E-state index is -0.418. The monoisotopic (exact) mass is 787 g/mol. The van der Waals surface area contributed by atoms with Gasteiger partial charge >= 0.3 is 24.1 Å². The zero-order valence-electron chi connectivity index (χ0n) is 33.6. The molecule has 2 amide bonds. The summed E-state index contributed by atoms with van der Waals surface area (Å²) in [6.45, 7) is 7.98. The number of unbranched alkanes of at least 4 members (excludes halogenated alkanes) is 12. The van der Waals surface area contributed by atoms with Gasteiger partial charge in [-0.05, 0) is 65.5 Å². The smallest absolute Gasteiger partial charge is 0.409 e. The minimum Gasteiger partial charge on any atom is -0.461 e. The van der Waals surface area contributed by atoms with Gasteiger partial charge in [-0.2, -0.15) is 0 Å². The number of nitrogens with zero attached hydrogens (tertiary/aromatic N) is 2. The van der Waals surface area contributed by atoms with Gasteiger partial charge in [0, 0.05) is 50.5 Å². The number of rotatable bonds is 36. The number of amides is 2. The van der Waals surface area contributed by atoms with Gasteiger partial charge in [-0.3, -0.25) is 9.59 Å². The fourth-order valence-electron chi connectivity index (χ4n) is 4.94. The maximum absolute atomic E-state index is 13.0. The van der Waals surface area contributed by atoms with E-state index < -0.39 is 6.09 Å². The Balaban J connectivity index is 4.42. The zero-order valence-corrected chi connectivity index (χ0v) is 35.2. The summed E-state index contributed by atoms with van der Waals surface area (Å²) < 4.78 is 21.4. The molecular weight excluding hydrogens is 715 g/mol. The molecule has 0 spiro atoms. The fraction of sp³-hybridized carbons (Fsp3) is 0.800. The highest BCUT2D eigenvalue weighted by molar-refractivity contribution is 8.76. The van der Waals surface area contributed by atoms with Crippen molar-refractivity contribution in [3.63, 3.8) is 0 Å². The van der Waals surface area contributed by atoms with Gasteiger partial charge in [0.05, 0.1) is 0 Å². The first-order valence-electron chi connectivity index (χ1n) is 20.1. The molecule has 0 unspecified atom stereocenters. The molecule has 0 atom stereocenters. The third-order valence-electron chi connectivity index (χ3n) is 8.04. The molecular formula is C40H73N3O8S2. The summed E-state index contributed by atoms with van der Waals surface area (Å²) in [5.41, 5.74) is 0. The van der Waals surface area contributed by atoms with E-state index in [1.807, 2.05) is 31.1 Å². The van der Waals surface area contributed by atoms with Crippen molar-refractivity contribution in [2.45, 2.75) is 129 Å². The number of likely N-dealkylation sites (N-methyl/N-ethyl adjacent to an activating group) is 1. The van der Waals surface area contributed by atoms with E-state index in [1.54, 1.807) is 26.5 Å². The highest BCUT2D eigenvalue weighted by Crippen LogP contribution is 2.20. The molecule has 0 heterocycles. The number of nitrogens with one attached hydrogen (secondary N) is 1. The molecule has 0 fully saturated rings. The highest BCUT2D eigenvalue weighted by Gasteiger charge is 2.15. The van der Waals surface area contributed by atoms with Gasteiger partial charge in [-0.15, -0.1) is 0 Å². The molecule has 13 heteroatoms. The van der Waals surface area contributed by atoms with E-state index in [9.17, 15) is 19.2 Å². The van der Waals surface area contributed by atoms with Crippen molar-refractivity contribution in [2.24, 2.45) is 0 Å². The molecule has 0 saturated carbocycles. The Morgan fingerprint density at radius 1 is 0.566 bits per heavy atom. The quantitative estimate of drug-likeness (QED) is 0.0215. The standard InChI is InChI=1S/C40H73N3O8S2/c1-5-7-9-11-13-15-23-31-48-37(44)25-19-17-21-28-43(29-22-18-20-26-38(45)49-32-24-16-14-12-10-8-6-2)40(47)51-34-36-53-52-35-33-50-39(46)41-27-30-42(3)4/h15-16,23-24H,5-14,17-22,25-36H2,1-4H3,(H,41,46)/b23-15-,24-16-. The lowest BCUT2D eigenvalue weighted by molar-refractivity contribution is -0.143. The van der Waals surface area contributed by atoms with Crippen LogP contribution in [0.3, 0.4) is 0 Å². The van der Waals surface area contributed by atoms with Gasteiger partial charge in [0.1, 0.15) is 26.4 Å². The summed E-state index contributed by atoms with van der Waals surface area (Å²) in [5, 5.41) is 2.71. The number of carbonyl (C=O) groups is 4. The molecule has 0 rings (SSSR count). The molecule has 308 valence electrons. The van der Waals surface area contributed by atoms with Crippen LogP contribution < -0.4 is 5.32 Å². The van der Waals surface area contributed by atoms with Crippen LogP contribution in [0.15, 0.2) is 24.3 Å². The second-order valence-electron chi connectivity index (χ2n) is 13.2. The molecule has 0 aromatic heterocycles. The molecule has 0 saturated heterocycles. The maximum atomic E-state index is 13.0. The summed E-state index contributed by atoms with van der Waals surface area (Å²) in [6, 6.07) is 0. The van der Waals surface area contributed by atoms with E-state index in [0.29, 0.717) is 76.6 Å². The number of ether oxygens (including phenoxy) is 4. The van der Waals surface area contributed by atoms with Crippen LogP contribution in [0.25, 0.3) is 0 Å². The second kappa shape index (κ2) is 39.3. The third-order valence-corrected chi connectivity index (χ3v) is 10.4. The van der Waals surface area contributed by atoms with Crippen LogP contribution in [0.4, 0.5) is 9.59 Å². The average Bonchev–Trinajstić information content (AvgIpc) is 3.13. The molecule has 0 aliphatic carbocycles. The summed E-state index contributed by atoms with van der Waals surface area (Å²) in [7, 11) is 7.01. The van der Waals surface area contributed by atoms with Crippen molar-refractivity contribution in [1.29, 1.82) is 0 Å². The van der Waals surface area contributed by atoms with Gasteiger partial charge in [0.25, 0.3) is 0 Å². The first-order chi connectivity index (χ1) is 25.8. The van der Waals surface area contributed by atoms with Gasteiger partial charge in [0.15, 0.2) is 0 Å². The molecule has 0 aliphatic rings. The van der Waals surface area contributed by atoms with Crippen molar-refractivity contribution >= 4 is 45.7 Å². The molecule has 0 bridgehead atoms. The van der Waals surface area contributed by atoms with Gasteiger partial charge in [-0.1, -0.05) is 111 Å². The van der Waals surface area contributed by atoms with E-state index in [0.717, 1.165) is 45.1 Å². The van der Waals surface area contributed by atoms with Crippen molar-refractivity contribution in [3.05, 3.63) is 24.3 Å². The van der Waals surface area contributed by atoms with Crippen LogP contribution in [-0.4, -0.2) is 112 Å². The molecule has 1 N–H and O–H groups in total. The predicted molar refractivity (Wildman–Crippen MR) is 220 cm³/mol. The van der Waals surface area contributed by atoms with E-state index in [2.05, 4.69) is 31.3 Å². The van der Waals surface area contributed by atoms with Crippen molar-refractivity contribution in [1.82, 2.24) is 15.1 Å². The predicted octanol–water partition coefficient (Wildman–Crippen LogP) is 9.35. The lowest BCUT2D eigenvalue weighted by atomic mass is 10.1. The minimum absolute atomic E-state index is 0.195. The highest BCUT2D eigenvalue weighted by atomic mass is 33.1. The number of allylic oxidation sites excluding steroid dienone is 2. The fourth-order valence-corrected chi connectivity index (χ4v) is 6.60. The maximum Gasteiger partial charge on any atom is 0.409 e. The SMILES string of the molecule is CCCCCC/C=C\COC(=O)CCCCCN(CCCCCC(=O)OC/C=C\CCCCCC)C(=O)OCCSSCCOC(=O)NCCN(C)C. The molecule has 0 radical (unpaired) electrons. The lowest BCUT2D eigenvalue weighted by Gasteiger charge is -2.22.